The van der Waals surface area contributed by atoms with Crippen LogP contribution in [0.3, 0.4) is 0 Å². The second-order valence-corrected chi connectivity index (χ2v) is 21.3. The summed E-state index contributed by atoms with van der Waals surface area (Å²) in [6.45, 7) is 20.7. The number of carbonyl (C=O) groups excluding carboxylic acids is 4. The maximum Gasteiger partial charge on any atom is 0.410 e. The highest BCUT2D eigenvalue weighted by Crippen LogP contribution is 2.37. The van der Waals surface area contributed by atoms with Crippen LogP contribution in [0.4, 0.5) is 14.9 Å². The smallest absolute Gasteiger partial charge is 0.410 e. The van der Waals surface area contributed by atoms with E-state index in [9.17, 15) is 38.8 Å². The minimum atomic E-state index is -2.27. The summed E-state index contributed by atoms with van der Waals surface area (Å²) in [5.41, 5.74) is -0.926. The molecule has 0 aliphatic rings. The number of nitrogens with zero attached hydrogens (tertiary/aromatic N) is 2. The van der Waals surface area contributed by atoms with Gasteiger partial charge in [-0.2, -0.15) is 4.39 Å². The Balaban J connectivity index is 2.43. The van der Waals surface area contributed by atoms with E-state index in [1.807, 2.05) is 13.8 Å². The number of phenolic OH excluding ortho intramolecular Hbond substituents is 1. The molecule has 0 heterocycles. The summed E-state index contributed by atoms with van der Waals surface area (Å²) < 4.78 is 26.1. The van der Waals surface area contributed by atoms with Crippen LogP contribution in [0.1, 0.15) is 85.9 Å². The molecule has 0 saturated carbocycles. The first-order valence-electron chi connectivity index (χ1n) is 17.9. The molecule has 0 saturated heterocycles. The fourth-order valence-corrected chi connectivity index (χ4v) is 6.05. The molecular weight excluding hydrogens is 718 g/mol. The van der Waals surface area contributed by atoms with E-state index < -0.39 is 78.3 Å². The maximum atomic E-state index is 14.2. The minimum absolute atomic E-state index is 0.00637. The number of benzene rings is 2. The van der Waals surface area contributed by atoms with Gasteiger partial charge in [0.05, 0.1) is 17.6 Å². The molecule has 2 aromatic rings. The predicted molar refractivity (Wildman–Crippen MR) is 206 cm³/mol. The second-order valence-electron chi connectivity index (χ2n) is 16.5. The summed E-state index contributed by atoms with van der Waals surface area (Å²) in [5, 5.41) is 29.7. The van der Waals surface area contributed by atoms with Crippen molar-refractivity contribution in [2.24, 2.45) is 5.92 Å². The molecule has 0 unspecified atom stereocenters. The zero-order valence-electron chi connectivity index (χ0n) is 33.5. The Kier molecular flexibility index (Phi) is 15.7. The van der Waals surface area contributed by atoms with Gasteiger partial charge in [0.15, 0.2) is 8.32 Å². The van der Waals surface area contributed by atoms with Crippen LogP contribution in [-0.2, 0) is 30.0 Å². The molecule has 0 aliphatic carbocycles. The molecule has 4 atom stereocenters. The lowest BCUT2D eigenvalue weighted by atomic mass is 10.00. The Labute approximate surface area is 318 Å². The Hall–Kier alpha value is -4.57. The molecule has 0 spiro atoms. The summed E-state index contributed by atoms with van der Waals surface area (Å²) in [6.07, 6.45) is -0.879. The number of halogens is 1. The molecule has 16 heteroatoms. The maximum absolute atomic E-state index is 14.2. The van der Waals surface area contributed by atoms with Crippen molar-refractivity contribution < 1.29 is 42.8 Å². The lowest BCUT2D eigenvalue weighted by Crippen LogP contribution is -2.57. The summed E-state index contributed by atoms with van der Waals surface area (Å²) in [6, 6.07) is 5.15. The molecular formula is C38H58FN5O9Si. The summed E-state index contributed by atoms with van der Waals surface area (Å²) in [5.74, 6) is -3.27. The van der Waals surface area contributed by atoms with E-state index in [-0.39, 0.29) is 41.7 Å². The van der Waals surface area contributed by atoms with Crippen LogP contribution in [0.25, 0.3) is 0 Å². The molecule has 2 rings (SSSR count). The van der Waals surface area contributed by atoms with Crippen LogP contribution in [0.15, 0.2) is 42.5 Å². The van der Waals surface area contributed by atoms with Gasteiger partial charge in [0.1, 0.15) is 29.5 Å². The Morgan fingerprint density at radius 3 is 2.11 bits per heavy atom. The van der Waals surface area contributed by atoms with Crippen molar-refractivity contribution in [3.63, 3.8) is 0 Å². The van der Waals surface area contributed by atoms with Crippen molar-refractivity contribution in [2.75, 3.05) is 13.7 Å². The quantitative estimate of drug-likeness (QED) is 0.0883. The number of rotatable bonds is 16. The topological polar surface area (TPSA) is 189 Å². The molecule has 300 valence electrons. The minimum Gasteiger partial charge on any atom is -0.508 e. The number of ether oxygens (including phenoxy) is 1. The molecule has 0 bridgehead atoms. The van der Waals surface area contributed by atoms with E-state index in [0.29, 0.717) is 5.56 Å². The highest BCUT2D eigenvalue weighted by atomic mass is 28.4. The summed E-state index contributed by atoms with van der Waals surface area (Å²) in [4.78, 5) is 66.2. The number of amides is 4. The number of carbonyl (C=O) groups is 4. The average molecular weight is 776 g/mol. The van der Waals surface area contributed by atoms with E-state index in [1.165, 1.54) is 32.2 Å². The molecule has 0 aromatic heterocycles. The number of nitro benzene ring substituents is 1. The van der Waals surface area contributed by atoms with Gasteiger partial charge in [-0.05, 0) is 87.5 Å². The number of likely N-dealkylation sites (N-methyl/N-ethyl adjacent to an activating group) is 1. The van der Waals surface area contributed by atoms with Gasteiger partial charge in [-0.25, -0.2) is 4.79 Å². The van der Waals surface area contributed by atoms with Crippen molar-refractivity contribution in [3.8, 4) is 5.75 Å². The monoisotopic (exact) mass is 775 g/mol. The van der Waals surface area contributed by atoms with Crippen molar-refractivity contribution in [1.29, 1.82) is 0 Å². The zero-order valence-corrected chi connectivity index (χ0v) is 34.5. The van der Waals surface area contributed by atoms with E-state index in [1.54, 1.807) is 32.9 Å². The van der Waals surface area contributed by atoms with Gasteiger partial charge in [-0.15, -0.1) is 0 Å². The van der Waals surface area contributed by atoms with E-state index in [2.05, 4.69) is 49.8 Å². The largest absolute Gasteiger partial charge is 0.508 e. The third-order valence-corrected chi connectivity index (χ3v) is 13.7. The SMILES string of the molecule is CC(C)C[C@H](C(=O)N[C@H](Cc1ccc(F)c([N+](=O)[O-])c1)C(=O)N[C@@H](C)C(=O)N[C@@H](CO[Si](C)(C)C(C)(C)C)c1cccc(O)c1)N(C)C(=O)OC(C)(C)C. The Morgan fingerprint density at radius 1 is 0.944 bits per heavy atom. The summed E-state index contributed by atoms with van der Waals surface area (Å²) in [7, 11) is -0.864. The van der Waals surface area contributed by atoms with Crippen molar-refractivity contribution in [3.05, 3.63) is 69.5 Å². The molecule has 0 radical (unpaired) electrons. The molecule has 14 nitrogen and oxygen atoms in total. The zero-order chi connectivity index (χ0) is 41.3. The molecule has 4 amide bonds. The number of phenols is 1. The number of aromatic hydroxyl groups is 1. The first kappa shape index (κ1) is 45.6. The van der Waals surface area contributed by atoms with Crippen molar-refractivity contribution in [2.45, 2.75) is 123 Å². The number of hydrogen-bond donors (Lipinski definition) is 4. The van der Waals surface area contributed by atoms with Crippen LogP contribution in [-0.4, -0.2) is 84.4 Å². The van der Waals surface area contributed by atoms with Gasteiger partial charge >= 0.3 is 11.8 Å². The molecule has 54 heavy (non-hydrogen) atoms. The fraction of sp³-hybridized carbons (Fsp3) is 0.579. The van der Waals surface area contributed by atoms with Gasteiger partial charge in [0.25, 0.3) is 0 Å². The van der Waals surface area contributed by atoms with Gasteiger partial charge < -0.3 is 30.2 Å². The molecule has 2 aromatic carbocycles. The average Bonchev–Trinajstić information content (AvgIpc) is 3.03. The standard InChI is InChI=1S/C38H58FN5O9Si/c1-23(2)18-32(43(10)36(49)53-37(4,5)6)35(48)41-29(19-25-16-17-28(39)31(20-25)44(50)51)34(47)40-24(3)33(46)42-30(26-14-13-15-27(45)21-26)22-52-54(11,12)38(7,8)9/h13-17,20-21,23-24,29-30,32,45H,18-19,22H2,1-12H3,(H,40,47)(H,41,48)(H,42,46)/t24-,29+,30-,32+/m0/s1. The van der Waals surface area contributed by atoms with E-state index in [4.69, 9.17) is 9.16 Å². The van der Waals surface area contributed by atoms with Gasteiger partial charge in [-0.3, -0.25) is 29.4 Å². The Bertz CT molecular complexity index is 1660. The lowest BCUT2D eigenvalue weighted by Gasteiger charge is -2.37. The number of nitrogens with one attached hydrogen (secondary N) is 3. The molecule has 4 N–H and O–H groups in total. The third-order valence-electron chi connectivity index (χ3n) is 9.18. The first-order chi connectivity index (χ1) is 24.7. The lowest BCUT2D eigenvalue weighted by molar-refractivity contribution is -0.387. The van der Waals surface area contributed by atoms with Crippen LogP contribution >= 0.6 is 0 Å². The van der Waals surface area contributed by atoms with Crippen LogP contribution in [0.5, 0.6) is 5.75 Å². The second kappa shape index (κ2) is 18.6. The normalized spacial score (nSPS) is 14.3. The van der Waals surface area contributed by atoms with E-state index >= 15 is 0 Å². The predicted octanol–water partition coefficient (Wildman–Crippen LogP) is 6.13. The highest BCUT2D eigenvalue weighted by molar-refractivity contribution is 6.74. The highest BCUT2D eigenvalue weighted by Gasteiger charge is 2.38. The van der Waals surface area contributed by atoms with E-state index in [0.717, 1.165) is 17.0 Å². The van der Waals surface area contributed by atoms with Crippen LogP contribution < -0.4 is 16.0 Å². The van der Waals surface area contributed by atoms with Gasteiger partial charge in [-0.1, -0.05) is 52.8 Å². The number of hydrogen-bond acceptors (Lipinski definition) is 9. The number of nitro groups is 1. The van der Waals surface area contributed by atoms with Crippen LogP contribution in [0.2, 0.25) is 18.1 Å². The van der Waals surface area contributed by atoms with Gasteiger partial charge in [0, 0.05) is 19.5 Å². The first-order valence-corrected chi connectivity index (χ1v) is 20.9. The molecule has 0 fully saturated rings. The van der Waals surface area contributed by atoms with Crippen molar-refractivity contribution in [1.82, 2.24) is 20.9 Å². The molecule has 0 aliphatic heterocycles. The summed E-state index contributed by atoms with van der Waals surface area (Å²) >= 11 is 0. The van der Waals surface area contributed by atoms with Crippen molar-refractivity contribution >= 4 is 37.8 Å². The Morgan fingerprint density at radius 2 is 1.57 bits per heavy atom. The van der Waals surface area contributed by atoms with Gasteiger partial charge in [0.2, 0.25) is 23.5 Å². The van der Waals surface area contributed by atoms with Crippen LogP contribution in [0, 0.1) is 21.8 Å². The third kappa shape index (κ3) is 13.7. The fourth-order valence-electron chi connectivity index (χ4n) is 5.03.